The van der Waals surface area contributed by atoms with Crippen molar-refractivity contribution in [2.45, 2.75) is 4.90 Å². The van der Waals surface area contributed by atoms with Gasteiger partial charge < -0.3 is 18.7 Å². The normalized spacial score (nSPS) is 10.9. The number of benzene rings is 1. The summed E-state index contributed by atoms with van der Waals surface area (Å²) in [7, 11) is 0. The SMILES string of the molecule is Nc1cc(Br)ccc1SC[B-](F)(F)F.[K+]. The van der Waals surface area contributed by atoms with Gasteiger partial charge in [-0.25, -0.2) is 0 Å². The first-order valence-corrected chi connectivity index (χ1v) is 5.55. The Morgan fingerprint density at radius 1 is 1.33 bits per heavy atom. The molecule has 1 rings (SSSR count). The molecule has 8 heteroatoms. The molecule has 78 valence electrons. The van der Waals surface area contributed by atoms with Gasteiger partial charge in [0.15, 0.2) is 0 Å². The van der Waals surface area contributed by atoms with E-state index in [1.165, 1.54) is 0 Å². The second-order valence-electron chi connectivity index (χ2n) is 2.70. The fourth-order valence-electron chi connectivity index (χ4n) is 0.835. The van der Waals surface area contributed by atoms with E-state index < -0.39 is 12.6 Å². The fraction of sp³-hybridized carbons (Fsp3) is 0.143. The second-order valence-corrected chi connectivity index (χ2v) is 4.68. The molecule has 0 atom stereocenters. The first-order valence-electron chi connectivity index (χ1n) is 3.77. The van der Waals surface area contributed by atoms with Crippen LogP contribution >= 0.6 is 27.7 Å². The Labute approximate surface area is 141 Å². The number of hydrogen-bond donors (Lipinski definition) is 1. The van der Waals surface area contributed by atoms with E-state index in [1.54, 1.807) is 18.2 Å². The van der Waals surface area contributed by atoms with Crippen LogP contribution in [0.3, 0.4) is 0 Å². The fourth-order valence-corrected chi connectivity index (χ4v) is 1.97. The Morgan fingerprint density at radius 3 is 2.40 bits per heavy atom. The smallest absolute Gasteiger partial charge is 0.448 e. The van der Waals surface area contributed by atoms with Gasteiger partial charge in [0, 0.05) is 15.1 Å². The van der Waals surface area contributed by atoms with E-state index in [-0.39, 0.29) is 51.4 Å². The summed E-state index contributed by atoms with van der Waals surface area (Å²) in [4.78, 5) is 0.465. The van der Waals surface area contributed by atoms with Gasteiger partial charge in [-0.1, -0.05) is 15.9 Å². The summed E-state index contributed by atoms with van der Waals surface area (Å²) >= 11 is 3.90. The molecule has 0 fully saturated rings. The van der Waals surface area contributed by atoms with Crippen LogP contribution in [0.1, 0.15) is 0 Å². The van der Waals surface area contributed by atoms with Gasteiger partial charge in [-0.2, -0.15) is 11.8 Å². The number of nitrogens with two attached hydrogens (primary N) is 1. The molecule has 0 heterocycles. The zero-order valence-electron chi connectivity index (χ0n) is 8.01. The van der Waals surface area contributed by atoms with E-state index in [1.807, 2.05) is 0 Å². The molecular formula is C7H7BBrF3KNS. The van der Waals surface area contributed by atoms with Crippen molar-refractivity contribution in [3.63, 3.8) is 0 Å². The molecule has 1 nitrogen and oxygen atoms in total. The number of thioether (sulfide) groups is 1. The van der Waals surface area contributed by atoms with Crippen LogP contribution in [0.4, 0.5) is 18.6 Å². The van der Waals surface area contributed by atoms with E-state index in [9.17, 15) is 12.9 Å². The Kier molecular flexibility index (Phi) is 7.55. The first-order chi connectivity index (χ1) is 6.38. The molecule has 2 N–H and O–H groups in total. The van der Waals surface area contributed by atoms with Crippen molar-refractivity contribution in [3.8, 4) is 0 Å². The molecule has 0 aliphatic heterocycles. The minimum Gasteiger partial charge on any atom is -0.448 e. The molecule has 0 radical (unpaired) electrons. The van der Waals surface area contributed by atoms with E-state index in [4.69, 9.17) is 5.73 Å². The molecule has 0 aromatic heterocycles. The van der Waals surface area contributed by atoms with E-state index in [0.717, 1.165) is 16.2 Å². The zero-order valence-corrected chi connectivity index (χ0v) is 13.5. The second kappa shape index (κ2) is 6.93. The number of halogens is 4. The van der Waals surface area contributed by atoms with Crippen molar-refractivity contribution in [2.75, 3.05) is 11.4 Å². The standard InChI is InChI=1S/C7H7BBrF3NS.K/c9-5-1-2-7(6(13)3-5)14-4-8(10,11)12;/h1-3H,4,13H2;/q-1;+1. The summed E-state index contributed by atoms with van der Waals surface area (Å²) in [6, 6.07) is 4.83. The molecule has 0 saturated carbocycles. The van der Waals surface area contributed by atoms with Gasteiger partial charge in [0.2, 0.25) is 0 Å². The van der Waals surface area contributed by atoms with E-state index in [0.29, 0.717) is 10.6 Å². The third kappa shape index (κ3) is 6.60. The number of hydrogen-bond acceptors (Lipinski definition) is 2. The van der Waals surface area contributed by atoms with Gasteiger partial charge in [0.25, 0.3) is 0 Å². The molecule has 0 bridgehead atoms. The summed E-state index contributed by atoms with van der Waals surface area (Å²) in [6.45, 7) is -4.76. The van der Waals surface area contributed by atoms with Crippen molar-refractivity contribution in [1.29, 1.82) is 0 Å². The Hall–Kier alpha value is 1.34. The molecular weight excluding hydrogens is 317 g/mol. The summed E-state index contributed by atoms with van der Waals surface area (Å²) in [5, 5.41) is 0. The average molecular weight is 324 g/mol. The van der Waals surface area contributed by atoms with Crippen molar-refractivity contribution < 1.29 is 64.3 Å². The molecule has 15 heavy (non-hydrogen) atoms. The summed E-state index contributed by atoms with van der Waals surface area (Å²) in [5.41, 5.74) is 5.05. The van der Waals surface area contributed by atoms with Gasteiger partial charge in [-0.3, -0.25) is 0 Å². The maximum atomic E-state index is 11.9. The van der Waals surface area contributed by atoms with Crippen LogP contribution in [-0.2, 0) is 0 Å². The Morgan fingerprint density at radius 2 is 1.93 bits per heavy atom. The van der Waals surface area contributed by atoms with Crippen LogP contribution in [0.2, 0.25) is 0 Å². The molecule has 0 saturated heterocycles. The van der Waals surface area contributed by atoms with Crippen molar-refractivity contribution >= 4 is 40.4 Å². The average Bonchev–Trinajstić information content (AvgIpc) is 2.00. The van der Waals surface area contributed by atoms with Crippen molar-refractivity contribution in [2.24, 2.45) is 0 Å². The van der Waals surface area contributed by atoms with Crippen LogP contribution in [0.25, 0.3) is 0 Å². The maximum Gasteiger partial charge on any atom is 1.00 e. The molecule has 1 aromatic carbocycles. The van der Waals surface area contributed by atoms with Gasteiger partial charge in [0.05, 0.1) is 0 Å². The number of rotatable bonds is 3. The Balaban J connectivity index is 0.00000196. The topological polar surface area (TPSA) is 26.0 Å². The molecule has 1 aromatic rings. The predicted octanol–water partition coefficient (Wildman–Crippen LogP) is 0.514. The molecule has 0 aliphatic rings. The minimum absolute atomic E-state index is 0. The van der Waals surface area contributed by atoms with Crippen LogP contribution in [0, 0.1) is 0 Å². The number of nitrogen functional groups attached to an aromatic ring is 1. The third-order valence-electron chi connectivity index (χ3n) is 1.40. The molecule has 0 amide bonds. The van der Waals surface area contributed by atoms with Crippen molar-refractivity contribution in [1.82, 2.24) is 0 Å². The van der Waals surface area contributed by atoms with Crippen molar-refractivity contribution in [3.05, 3.63) is 22.7 Å². The Bertz CT molecular complexity index is 337. The number of anilines is 1. The summed E-state index contributed by atoms with van der Waals surface area (Å²) in [6.07, 6.45) is 0. The molecule has 0 unspecified atom stereocenters. The zero-order chi connectivity index (χ0) is 10.8. The summed E-state index contributed by atoms with van der Waals surface area (Å²) < 4.78 is 36.6. The quantitative estimate of drug-likeness (QED) is 0.498. The predicted molar refractivity (Wildman–Crippen MR) is 58.4 cm³/mol. The molecule has 0 spiro atoms. The minimum atomic E-state index is -4.76. The third-order valence-corrected chi connectivity index (χ3v) is 3.12. The summed E-state index contributed by atoms with van der Waals surface area (Å²) in [5.74, 6) is 0. The van der Waals surface area contributed by atoms with Crippen LogP contribution in [-0.4, -0.2) is 12.6 Å². The van der Waals surface area contributed by atoms with Gasteiger partial charge >= 0.3 is 58.4 Å². The van der Waals surface area contributed by atoms with Crippen LogP contribution in [0.15, 0.2) is 27.6 Å². The van der Waals surface area contributed by atoms with Gasteiger partial charge in [-0.15, -0.1) is 0 Å². The maximum absolute atomic E-state index is 11.9. The van der Waals surface area contributed by atoms with Crippen LogP contribution < -0.4 is 57.1 Å². The monoisotopic (exact) mass is 323 g/mol. The van der Waals surface area contributed by atoms with Gasteiger partial charge in [0.1, 0.15) is 0 Å². The molecule has 0 aliphatic carbocycles. The van der Waals surface area contributed by atoms with Crippen LogP contribution in [0.5, 0.6) is 0 Å². The largest absolute Gasteiger partial charge is 1.00 e. The first kappa shape index (κ1) is 16.3. The van der Waals surface area contributed by atoms with E-state index >= 15 is 0 Å². The van der Waals surface area contributed by atoms with E-state index in [2.05, 4.69) is 15.9 Å². The van der Waals surface area contributed by atoms with Gasteiger partial charge in [-0.05, 0) is 23.9 Å².